The Balaban J connectivity index is 2.88. The summed E-state index contributed by atoms with van der Waals surface area (Å²) < 4.78 is 4.77. The topological polar surface area (TPSA) is 29.5 Å². The third kappa shape index (κ3) is 4.35. The fraction of sp³-hybridized carbons (Fsp3) is 0.562. The first kappa shape index (κ1) is 15.7. The van der Waals surface area contributed by atoms with Gasteiger partial charge >= 0.3 is 5.97 Å². The van der Waals surface area contributed by atoms with Crippen LogP contribution in [0.1, 0.15) is 49.8 Å². The maximum Gasteiger partial charge on any atom is 0.307 e. The predicted molar refractivity (Wildman–Crippen MR) is 78.2 cm³/mol. The molecule has 0 aliphatic rings. The lowest BCUT2D eigenvalue weighted by Crippen LogP contribution is -2.23. The molecule has 0 aliphatic carbocycles. The van der Waals surface area contributed by atoms with Crippen LogP contribution in [0.3, 0.4) is 0 Å². The molecule has 0 aromatic heterocycles. The lowest BCUT2D eigenvalue weighted by molar-refractivity contribution is -0.141. The summed E-state index contributed by atoms with van der Waals surface area (Å²) in [5.41, 5.74) is 2.50. The molecule has 0 amide bonds. The second-order valence-corrected chi connectivity index (χ2v) is 5.24. The van der Waals surface area contributed by atoms with E-state index < -0.39 is 0 Å². The second kappa shape index (κ2) is 7.29. The number of carbonyl (C=O) groups is 1. The number of hydrogen-bond acceptors (Lipinski definition) is 3. The summed E-state index contributed by atoms with van der Waals surface area (Å²) in [5.74, 6) is 0.400. The first-order chi connectivity index (χ1) is 8.99. The molecule has 0 heterocycles. The van der Waals surface area contributed by atoms with E-state index in [0.29, 0.717) is 12.3 Å². The Kier molecular flexibility index (Phi) is 6.03. The standard InChI is InChI=1S/C16H25NO2/c1-6-12(2)13-7-9-14(10-8-13)15(17(3)4)11-16(18)19-5/h7-10,12,15H,6,11H2,1-5H3. The number of methoxy groups -OCH3 is 1. The maximum atomic E-state index is 11.5. The van der Waals surface area contributed by atoms with Crippen LogP contribution in [0.4, 0.5) is 0 Å². The van der Waals surface area contributed by atoms with Gasteiger partial charge in [-0.3, -0.25) is 4.79 Å². The van der Waals surface area contributed by atoms with Gasteiger partial charge in [-0.05, 0) is 37.6 Å². The van der Waals surface area contributed by atoms with Crippen molar-refractivity contribution < 1.29 is 9.53 Å². The van der Waals surface area contributed by atoms with E-state index in [0.717, 1.165) is 12.0 Å². The Morgan fingerprint density at radius 2 is 1.74 bits per heavy atom. The molecule has 106 valence electrons. The van der Waals surface area contributed by atoms with Gasteiger partial charge in [0.05, 0.1) is 13.5 Å². The van der Waals surface area contributed by atoms with Crippen LogP contribution in [0, 0.1) is 0 Å². The van der Waals surface area contributed by atoms with Crippen LogP contribution in [0.5, 0.6) is 0 Å². The van der Waals surface area contributed by atoms with Crippen molar-refractivity contribution in [2.24, 2.45) is 0 Å². The Morgan fingerprint density at radius 1 is 1.21 bits per heavy atom. The molecule has 1 rings (SSSR count). The van der Waals surface area contributed by atoms with Gasteiger partial charge in [0.1, 0.15) is 0 Å². The first-order valence-corrected chi connectivity index (χ1v) is 6.82. The number of benzene rings is 1. The minimum Gasteiger partial charge on any atom is -0.469 e. The van der Waals surface area contributed by atoms with E-state index in [1.165, 1.54) is 12.7 Å². The number of ether oxygens (including phenoxy) is 1. The first-order valence-electron chi connectivity index (χ1n) is 6.82. The van der Waals surface area contributed by atoms with Crippen LogP contribution in [-0.4, -0.2) is 32.1 Å². The molecule has 19 heavy (non-hydrogen) atoms. The van der Waals surface area contributed by atoms with E-state index in [9.17, 15) is 4.79 Å². The zero-order valence-corrected chi connectivity index (χ0v) is 12.6. The van der Waals surface area contributed by atoms with Crippen molar-refractivity contribution in [1.29, 1.82) is 0 Å². The van der Waals surface area contributed by atoms with E-state index in [1.807, 2.05) is 14.1 Å². The van der Waals surface area contributed by atoms with E-state index >= 15 is 0 Å². The van der Waals surface area contributed by atoms with E-state index in [4.69, 9.17) is 4.74 Å². The molecule has 0 aliphatic heterocycles. The van der Waals surface area contributed by atoms with Gasteiger partial charge < -0.3 is 9.64 Å². The molecule has 0 fully saturated rings. The van der Waals surface area contributed by atoms with Crippen LogP contribution in [0.25, 0.3) is 0 Å². The summed E-state index contributed by atoms with van der Waals surface area (Å²) in [6, 6.07) is 8.64. The van der Waals surface area contributed by atoms with Crippen molar-refractivity contribution in [2.75, 3.05) is 21.2 Å². The van der Waals surface area contributed by atoms with Crippen molar-refractivity contribution >= 4 is 5.97 Å². The molecule has 0 radical (unpaired) electrons. The third-order valence-electron chi connectivity index (χ3n) is 3.71. The molecule has 0 saturated heterocycles. The molecule has 0 spiro atoms. The van der Waals surface area contributed by atoms with Crippen LogP contribution in [-0.2, 0) is 9.53 Å². The number of nitrogens with zero attached hydrogens (tertiary/aromatic N) is 1. The van der Waals surface area contributed by atoms with Crippen LogP contribution >= 0.6 is 0 Å². The van der Waals surface area contributed by atoms with Crippen molar-refractivity contribution in [2.45, 2.75) is 38.6 Å². The summed E-state index contributed by atoms with van der Waals surface area (Å²) >= 11 is 0. The molecule has 0 N–H and O–H groups in total. The van der Waals surface area contributed by atoms with Gasteiger partial charge in [-0.2, -0.15) is 0 Å². The Bertz CT molecular complexity index is 398. The van der Waals surface area contributed by atoms with Crippen molar-refractivity contribution in [1.82, 2.24) is 4.90 Å². The quantitative estimate of drug-likeness (QED) is 0.737. The van der Waals surface area contributed by atoms with Crippen LogP contribution in [0.2, 0.25) is 0 Å². The maximum absolute atomic E-state index is 11.5. The monoisotopic (exact) mass is 263 g/mol. The summed E-state index contributed by atoms with van der Waals surface area (Å²) in [5, 5.41) is 0. The van der Waals surface area contributed by atoms with Gasteiger partial charge in [-0.1, -0.05) is 38.1 Å². The predicted octanol–water partition coefficient (Wildman–Crippen LogP) is 3.37. The second-order valence-electron chi connectivity index (χ2n) is 5.24. The SMILES string of the molecule is CCC(C)c1ccc(C(CC(=O)OC)N(C)C)cc1. The summed E-state index contributed by atoms with van der Waals surface area (Å²) in [6.45, 7) is 4.42. The zero-order valence-electron chi connectivity index (χ0n) is 12.6. The Morgan fingerprint density at radius 3 is 2.16 bits per heavy atom. The fourth-order valence-corrected chi connectivity index (χ4v) is 2.12. The smallest absolute Gasteiger partial charge is 0.307 e. The average molecular weight is 263 g/mol. The highest BCUT2D eigenvalue weighted by atomic mass is 16.5. The number of hydrogen-bond donors (Lipinski definition) is 0. The molecule has 2 unspecified atom stereocenters. The number of rotatable bonds is 6. The van der Waals surface area contributed by atoms with Gasteiger partial charge in [0.15, 0.2) is 0 Å². The van der Waals surface area contributed by atoms with Gasteiger partial charge in [-0.25, -0.2) is 0 Å². The molecule has 1 aromatic carbocycles. The van der Waals surface area contributed by atoms with Gasteiger partial charge in [0.25, 0.3) is 0 Å². The van der Waals surface area contributed by atoms with E-state index in [-0.39, 0.29) is 12.0 Å². The van der Waals surface area contributed by atoms with Crippen molar-refractivity contribution in [3.63, 3.8) is 0 Å². The molecular formula is C16H25NO2. The normalized spacial score (nSPS) is 14.2. The summed E-state index contributed by atoms with van der Waals surface area (Å²) in [7, 11) is 5.40. The summed E-state index contributed by atoms with van der Waals surface area (Å²) in [4.78, 5) is 13.5. The highest BCUT2D eigenvalue weighted by Crippen LogP contribution is 2.25. The van der Waals surface area contributed by atoms with E-state index in [1.54, 1.807) is 0 Å². The highest BCUT2D eigenvalue weighted by molar-refractivity contribution is 5.70. The van der Waals surface area contributed by atoms with E-state index in [2.05, 4.69) is 43.0 Å². The number of carbonyl (C=O) groups excluding carboxylic acids is 1. The minimum atomic E-state index is -0.176. The third-order valence-corrected chi connectivity index (χ3v) is 3.71. The lowest BCUT2D eigenvalue weighted by Gasteiger charge is -2.24. The molecular weight excluding hydrogens is 238 g/mol. The van der Waals surface area contributed by atoms with Gasteiger partial charge in [0.2, 0.25) is 0 Å². The zero-order chi connectivity index (χ0) is 14.4. The van der Waals surface area contributed by atoms with Gasteiger partial charge in [0, 0.05) is 6.04 Å². The largest absolute Gasteiger partial charge is 0.469 e. The Hall–Kier alpha value is -1.35. The average Bonchev–Trinajstić information content (AvgIpc) is 2.43. The summed E-state index contributed by atoms with van der Waals surface area (Å²) in [6.07, 6.45) is 1.52. The molecule has 0 saturated carbocycles. The molecule has 2 atom stereocenters. The van der Waals surface area contributed by atoms with Crippen LogP contribution in [0.15, 0.2) is 24.3 Å². The molecule has 0 bridgehead atoms. The molecule has 3 heteroatoms. The minimum absolute atomic E-state index is 0.0680. The highest BCUT2D eigenvalue weighted by Gasteiger charge is 2.18. The molecule has 1 aromatic rings. The number of esters is 1. The Labute approximate surface area is 116 Å². The van der Waals surface area contributed by atoms with Crippen molar-refractivity contribution in [3.05, 3.63) is 35.4 Å². The van der Waals surface area contributed by atoms with Crippen LogP contribution < -0.4 is 0 Å². The molecule has 3 nitrogen and oxygen atoms in total. The van der Waals surface area contributed by atoms with Gasteiger partial charge in [-0.15, -0.1) is 0 Å². The lowest BCUT2D eigenvalue weighted by atomic mass is 9.95. The fourth-order valence-electron chi connectivity index (χ4n) is 2.12. The van der Waals surface area contributed by atoms with Crippen molar-refractivity contribution in [3.8, 4) is 0 Å².